The second kappa shape index (κ2) is 6.57. The SMILES string of the molecule is CC[C@H](O)c1ccc(OCC(=O)NCC2CC2)cc1. The van der Waals surface area contributed by atoms with E-state index in [0.717, 1.165) is 12.1 Å². The van der Waals surface area contributed by atoms with E-state index in [4.69, 9.17) is 4.74 Å². The van der Waals surface area contributed by atoms with Crippen LogP contribution in [0.1, 0.15) is 37.9 Å². The standard InChI is InChI=1S/C15H21NO3/c1-2-14(17)12-5-7-13(8-6-12)19-10-15(18)16-9-11-3-4-11/h5-8,11,14,17H,2-4,9-10H2,1H3,(H,16,18)/t14-/m0/s1. The van der Waals surface area contributed by atoms with Crippen LogP contribution in [0.25, 0.3) is 0 Å². The Morgan fingerprint density at radius 2 is 2.11 bits per heavy atom. The molecule has 104 valence electrons. The summed E-state index contributed by atoms with van der Waals surface area (Å²) in [5.41, 5.74) is 0.869. The summed E-state index contributed by atoms with van der Waals surface area (Å²) >= 11 is 0. The van der Waals surface area contributed by atoms with E-state index in [9.17, 15) is 9.90 Å². The molecule has 2 rings (SSSR count). The molecule has 4 heteroatoms. The lowest BCUT2D eigenvalue weighted by atomic mass is 10.1. The number of benzene rings is 1. The fraction of sp³-hybridized carbons (Fsp3) is 0.533. The van der Waals surface area contributed by atoms with E-state index in [1.165, 1.54) is 12.8 Å². The van der Waals surface area contributed by atoms with Crippen molar-refractivity contribution in [3.63, 3.8) is 0 Å². The molecule has 1 saturated carbocycles. The minimum absolute atomic E-state index is 0.0440. The maximum Gasteiger partial charge on any atom is 0.257 e. The number of aliphatic hydroxyl groups excluding tert-OH is 1. The number of carbonyl (C=O) groups excluding carboxylic acids is 1. The van der Waals surface area contributed by atoms with Crippen LogP contribution in [-0.4, -0.2) is 24.2 Å². The number of rotatable bonds is 7. The van der Waals surface area contributed by atoms with Gasteiger partial charge in [0, 0.05) is 6.54 Å². The molecule has 4 nitrogen and oxygen atoms in total. The summed E-state index contributed by atoms with van der Waals surface area (Å²) in [5, 5.41) is 12.5. The largest absolute Gasteiger partial charge is 0.484 e. The molecule has 1 aliphatic carbocycles. The number of amides is 1. The zero-order valence-corrected chi connectivity index (χ0v) is 11.3. The second-order valence-electron chi connectivity index (χ2n) is 5.03. The van der Waals surface area contributed by atoms with Crippen molar-refractivity contribution < 1.29 is 14.6 Å². The predicted octanol–water partition coefficient (Wildman–Crippen LogP) is 2.04. The average Bonchev–Trinajstić information content (AvgIpc) is 3.26. The lowest BCUT2D eigenvalue weighted by molar-refractivity contribution is -0.123. The summed E-state index contributed by atoms with van der Waals surface area (Å²) < 4.78 is 5.40. The Morgan fingerprint density at radius 1 is 1.42 bits per heavy atom. The topological polar surface area (TPSA) is 58.6 Å². The lowest BCUT2D eigenvalue weighted by Crippen LogP contribution is -2.30. The third-order valence-electron chi connectivity index (χ3n) is 3.31. The van der Waals surface area contributed by atoms with Gasteiger partial charge in [0.05, 0.1) is 6.10 Å². The summed E-state index contributed by atoms with van der Waals surface area (Å²) in [6.45, 7) is 2.74. The molecule has 0 aromatic heterocycles. The molecule has 1 amide bonds. The molecule has 1 aromatic rings. The molecule has 2 N–H and O–H groups in total. The maximum atomic E-state index is 11.5. The van der Waals surface area contributed by atoms with Crippen molar-refractivity contribution in [2.75, 3.05) is 13.2 Å². The van der Waals surface area contributed by atoms with Crippen LogP contribution in [0.2, 0.25) is 0 Å². The molecular formula is C15H21NO3. The van der Waals surface area contributed by atoms with Gasteiger partial charge in [-0.25, -0.2) is 0 Å². The van der Waals surface area contributed by atoms with Gasteiger partial charge < -0.3 is 15.2 Å². The Kier molecular flexibility index (Phi) is 4.80. The number of ether oxygens (including phenoxy) is 1. The van der Waals surface area contributed by atoms with Crippen LogP contribution in [0.5, 0.6) is 5.75 Å². The van der Waals surface area contributed by atoms with Crippen molar-refractivity contribution in [2.45, 2.75) is 32.3 Å². The first kappa shape index (κ1) is 13.9. The zero-order chi connectivity index (χ0) is 13.7. The van der Waals surface area contributed by atoms with Crippen molar-refractivity contribution >= 4 is 5.91 Å². The fourth-order valence-corrected chi connectivity index (χ4v) is 1.80. The molecule has 0 heterocycles. The minimum atomic E-state index is -0.434. The van der Waals surface area contributed by atoms with Gasteiger partial charge in [-0.3, -0.25) is 4.79 Å². The van der Waals surface area contributed by atoms with E-state index < -0.39 is 6.10 Å². The number of hydrogen-bond donors (Lipinski definition) is 2. The van der Waals surface area contributed by atoms with Gasteiger partial charge in [0.25, 0.3) is 5.91 Å². The van der Waals surface area contributed by atoms with Gasteiger partial charge in [-0.2, -0.15) is 0 Å². The molecule has 0 aliphatic heterocycles. The van der Waals surface area contributed by atoms with Crippen molar-refractivity contribution in [3.8, 4) is 5.75 Å². The lowest BCUT2D eigenvalue weighted by Gasteiger charge is -2.10. The highest BCUT2D eigenvalue weighted by molar-refractivity contribution is 5.77. The smallest absolute Gasteiger partial charge is 0.257 e. The van der Waals surface area contributed by atoms with Gasteiger partial charge in [0.1, 0.15) is 5.75 Å². The highest BCUT2D eigenvalue weighted by Gasteiger charge is 2.21. The quantitative estimate of drug-likeness (QED) is 0.791. The first-order valence-corrected chi connectivity index (χ1v) is 6.86. The first-order valence-electron chi connectivity index (χ1n) is 6.86. The monoisotopic (exact) mass is 263 g/mol. The third-order valence-corrected chi connectivity index (χ3v) is 3.31. The summed E-state index contributed by atoms with van der Waals surface area (Å²) in [6.07, 6.45) is 2.70. The summed E-state index contributed by atoms with van der Waals surface area (Å²) in [5.74, 6) is 1.25. The minimum Gasteiger partial charge on any atom is -0.484 e. The van der Waals surface area contributed by atoms with Crippen LogP contribution < -0.4 is 10.1 Å². The normalized spacial score (nSPS) is 15.9. The van der Waals surface area contributed by atoms with Crippen LogP contribution in [0.4, 0.5) is 0 Å². The fourth-order valence-electron chi connectivity index (χ4n) is 1.80. The van der Waals surface area contributed by atoms with Crippen molar-refractivity contribution in [2.24, 2.45) is 5.92 Å². The van der Waals surface area contributed by atoms with Crippen molar-refractivity contribution in [1.82, 2.24) is 5.32 Å². The Morgan fingerprint density at radius 3 is 2.68 bits per heavy atom. The van der Waals surface area contributed by atoms with Crippen LogP contribution in [0.15, 0.2) is 24.3 Å². The summed E-state index contributed by atoms with van der Waals surface area (Å²) in [6, 6.07) is 7.21. The molecule has 1 atom stereocenters. The van der Waals surface area contributed by atoms with Gasteiger partial charge in [0.2, 0.25) is 0 Å². The molecular weight excluding hydrogens is 242 g/mol. The molecule has 0 bridgehead atoms. The predicted molar refractivity (Wildman–Crippen MR) is 72.9 cm³/mol. The number of carbonyl (C=O) groups is 1. The molecule has 1 fully saturated rings. The van der Waals surface area contributed by atoms with Crippen LogP contribution in [-0.2, 0) is 4.79 Å². The molecule has 1 aromatic carbocycles. The number of hydrogen-bond acceptors (Lipinski definition) is 3. The Hall–Kier alpha value is -1.55. The highest BCUT2D eigenvalue weighted by atomic mass is 16.5. The molecule has 0 spiro atoms. The second-order valence-corrected chi connectivity index (χ2v) is 5.03. The van der Waals surface area contributed by atoms with Gasteiger partial charge in [-0.1, -0.05) is 19.1 Å². The molecule has 0 unspecified atom stereocenters. The Balaban J connectivity index is 1.74. The number of nitrogens with one attached hydrogen (secondary N) is 1. The Bertz CT molecular complexity index is 412. The van der Waals surface area contributed by atoms with Gasteiger partial charge in [-0.05, 0) is 42.9 Å². The van der Waals surface area contributed by atoms with E-state index in [1.807, 2.05) is 19.1 Å². The van der Waals surface area contributed by atoms with Gasteiger partial charge in [-0.15, -0.1) is 0 Å². The van der Waals surface area contributed by atoms with E-state index in [1.54, 1.807) is 12.1 Å². The third kappa shape index (κ3) is 4.56. The van der Waals surface area contributed by atoms with E-state index >= 15 is 0 Å². The molecule has 1 aliphatic rings. The molecule has 0 radical (unpaired) electrons. The van der Waals surface area contributed by atoms with Crippen molar-refractivity contribution in [1.29, 1.82) is 0 Å². The van der Waals surface area contributed by atoms with Crippen LogP contribution in [0, 0.1) is 5.92 Å². The average molecular weight is 263 g/mol. The van der Waals surface area contributed by atoms with Gasteiger partial charge >= 0.3 is 0 Å². The maximum absolute atomic E-state index is 11.5. The molecule has 0 saturated heterocycles. The first-order chi connectivity index (χ1) is 9.19. The number of aliphatic hydroxyl groups is 1. The van der Waals surface area contributed by atoms with Gasteiger partial charge in [0.15, 0.2) is 6.61 Å². The highest BCUT2D eigenvalue weighted by Crippen LogP contribution is 2.27. The Labute approximate surface area is 113 Å². The molecule has 19 heavy (non-hydrogen) atoms. The van der Waals surface area contributed by atoms with Crippen LogP contribution in [0.3, 0.4) is 0 Å². The van der Waals surface area contributed by atoms with Crippen molar-refractivity contribution in [3.05, 3.63) is 29.8 Å². The van der Waals surface area contributed by atoms with E-state index in [0.29, 0.717) is 18.1 Å². The van der Waals surface area contributed by atoms with Crippen LogP contribution >= 0.6 is 0 Å². The summed E-state index contributed by atoms with van der Waals surface area (Å²) in [7, 11) is 0. The van der Waals surface area contributed by atoms with E-state index in [-0.39, 0.29) is 12.5 Å². The zero-order valence-electron chi connectivity index (χ0n) is 11.3. The van der Waals surface area contributed by atoms with E-state index in [2.05, 4.69) is 5.32 Å². The summed E-state index contributed by atoms with van der Waals surface area (Å²) in [4.78, 5) is 11.5.